The summed E-state index contributed by atoms with van der Waals surface area (Å²) >= 11 is 3.38. The number of hydrogen-bond acceptors (Lipinski definition) is 3. The second-order valence-corrected chi connectivity index (χ2v) is 5.87. The largest absolute Gasteiger partial charge is 0.336 e. The second-order valence-electron chi connectivity index (χ2n) is 5.16. The summed E-state index contributed by atoms with van der Waals surface area (Å²) in [5, 5.41) is 4.42. The van der Waals surface area contributed by atoms with E-state index in [2.05, 4.69) is 69.0 Å². The van der Waals surface area contributed by atoms with Crippen molar-refractivity contribution < 1.29 is 0 Å². The van der Waals surface area contributed by atoms with Crippen molar-refractivity contribution in [2.75, 3.05) is 11.4 Å². The summed E-state index contributed by atoms with van der Waals surface area (Å²) in [7, 11) is 0. The van der Waals surface area contributed by atoms with Gasteiger partial charge in [-0.25, -0.2) is 4.68 Å². The molecule has 0 fully saturated rings. The maximum Gasteiger partial charge on any atom is 0.225 e. The summed E-state index contributed by atoms with van der Waals surface area (Å²) in [5.74, 6) is 0.955. The number of anilines is 1. The Labute approximate surface area is 121 Å². The molecule has 3 rings (SSSR count). The van der Waals surface area contributed by atoms with Crippen molar-refractivity contribution in [1.29, 1.82) is 0 Å². The van der Waals surface area contributed by atoms with Gasteiger partial charge in [-0.05, 0) is 47.3 Å². The molecule has 0 bridgehead atoms. The highest BCUT2D eigenvalue weighted by Gasteiger charge is 2.22. The van der Waals surface area contributed by atoms with Crippen molar-refractivity contribution >= 4 is 21.9 Å². The van der Waals surface area contributed by atoms with Crippen molar-refractivity contribution in [2.45, 2.75) is 32.9 Å². The van der Waals surface area contributed by atoms with Gasteiger partial charge in [0.15, 0.2) is 0 Å². The van der Waals surface area contributed by atoms with Crippen LogP contribution in [0.25, 0.3) is 0 Å². The van der Waals surface area contributed by atoms with Gasteiger partial charge in [0.05, 0.1) is 6.04 Å². The minimum atomic E-state index is 0.311. The fraction of sp³-hybridized carbons (Fsp3) is 0.429. The van der Waals surface area contributed by atoms with Crippen LogP contribution < -0.4 is 4.90 Å². The van der Waals surface area contributed by atoms with Crippen LogP contribution in [0.3, 0.4) is 0 Å². The van der Waals surface area contributed by atoms with E-state index in [0.717, 1.165) is 25.5 Å². The molecule has 2 heterocycles. The van der Waals surface area contributed by atoms with E-state index < -0.39 is 0 Å². The molecule has 4 nitrogen and oxygen atoms in total. The molecule has 1 aliphatic heterocycles. The van der Waals surface area contributed by atoms with Crippen LogP contribution in [0.5, 0.6) is 0 Å². The number of halogens is 1. The molecule has 0 radical (unpaired) electrons. The maximum absolute atomic E-state index is 4.52. The Morgan fingerprint density at radius 1 is 1.21 bits per heavy atom. The van der Waals surface area contributed by atoms with Crippen molar-refractivity contribution in [2.24, 2.45) is 0 Å². The van der Waals surface area contributed by atoms with Crippen LogP contribution in [0.4, 0.5) is 5.95 Å². The first kappa shape index (κ1) is 12.7. The smallest absolute Gasteiger partial charge is 0.225 e. The molecule has 0 N–H and O–H groups in total. The molecule has 0 spiro atoms. The van der Waals surface area contributed by atoms with Crippen molar-refractivity contribution in [3.8, 4) is 0 Å². The number of hydrogen-bond donors (Lipinski definition) is 0. The Balaban J connectivity index is 1.93. The van der Waals surface area contributed by atoms with E-state index in [1.807, 2.05) is 4.68 Å². The summed E-state index contributed by atoms with van der Waals surface area (Å²) in [6.45, 7) is 6.16. The summed E-state index contributed by atoms with van der Waals surface area (Å²) < 4.78 is 2.65. The van der Waals surface area contributed by atoms with Crippen LogP contribution in [-0.2, 0) is 13.0 Å². The number of aromatic nitrogens is 3. The van der Waals surface area contributed by atoms with Gasteiger partial charge in [0.25, 0.3) is 0 Å². The zero-order valence-corrected chi connectivity index (χ0v) is 12.8. The van der Waals surface area contributed by atoms with Gasteiger partial charge in [-0.1, -0.05) is 24.3 Å². The molecule has 0 amide bonds. The first-order valence-corrected chi connectivity index (χ1v) is 7.38. The molecule has 0 unspecified atom stereocenters. The van der Waals surface area contributed by atoms with Gasteiger partial charge in [0, 0.05) is 13.1 Å². The molecule has 5 heteroatoms. The van der Waals surface area contributed by atoms with E-state index in [9.17, 15) is 0 Å². The monoisotopic (exact) mass is 320 g/mol. The Morgan fingerprint density at radius 3 is 2.68 bits per heavy atom. The minimum Gasteiger partial charge on any atom is -0.336 e. The van der Waals surface area contributed by atoms with Crippen LogP contribution >= 0.6 is 15.9 Å². The van der Waals surface area contributed by atoms with Crippen LogP contribution in [0.2, 0.25) is 0 Å². The SMILES string of the molecule is CC(C)n1nc(Br)nc1N1CCc2ccccc2C1. The molecule has 0 atom stereocenters. The maximum atomic E-state index is 4.52. The fourth-order valence-corrected chi connectivity index (χ4v) is 2.85. The highest BCUT2D eigenvalue weighted by atomic mass is 79.9. The van der Waals surface area contributed by atoms with Crippen LogP contribution in [0, 0.1) is 0 Å². The molecule has 0 saturated heterocycles. The van der Waals surface area contributed by atoms with Gasteiger partial charge in [-0.15, -0.1) is 5.10 Å². The lowest BCUT2D eigenvalue weighted by molar-refractivity contribution is 0.516. The summed E-state index contributed by atoms with van der Waals surface area (Å²) in [5.41, 5.74) is 2.84. The standard InChI is InChI=1S/C14H17BrN4/c1-10(2)19-14(16-13(15)17-19)18-8-7-11-5-3-4-6-12(11)9-18/h3-6,10H,7-9H2,1-2H3. The van der Waals surface area contributed by atoms with Gasteiger partial charge in [0.2, 0.25) is 10.7 Å². The molecule has 2 aromatic rings. The van der Waals surface area contributed by atoms with E-state index in [4.69, 9.17) is 0 Å². The van der Waals surface area contributed by atoms with E-state index in [-0.39, 0.29) is 0 Å². The predicted molar refractivity (Wildman–Crippen MR) is 79.3 cm³/mol. The molecular weight excluding hydrogens is 304 g/mol. The Bertz CT molecular complexity index is 591. The van der Waals surface area contributed by atoms with E-state index in [1.165, 1.54) is 11.1 Å². The number of nitrogens with zero attached hydrogens (tertiary/aromatic N) is 4. The van der Waals surface area contributed by atoms with E-state index in [1.54, 1.807) is 0 Å². The van der Waals surface area contributed by atoms with Crippen LogP contribution in [0.15, 0.2) is 29.0 Å². The highest BCUT2D eigenvalue weighted by Crippen LogP contribution is 2.25. The first-order chi connectivity index (χ1) is 9.15. The minimum absolute atomic E-state index is 0.311. The third-order valence-electron chi connectivity index (χ3n) is 3.49. The normalized spacial score (nSPS) is 14.8. The quantitative estimate of drug-likeness (QED) is 0.852. The van der Waals surface area contributed by atoms with Gasteiger partial charge in [-0.3, -0.25) is 0 Å². The van der Waals surface area contributed by atoms with Crippen molar-refractivity contribution in [3.63, 3.8) is 0 Å². The zero-order valence-electron chi connectivity index (χ0n) is 11.2. The van der Waals surface area contributed by atoms with Crippen molar-refractivity contribution in [3.05, 3.63) is 40.1 Å². The molecule has 1 aromatic heterocycles. The number of benzene rings is 1. The Kier molecular flexibility index (Phi) is 3.31. The summed E-state index contributed by atoms with van der Waals surface area (Å²) in [6.07, 6.45) is 1.07. The molecule has 0 saturated carbocycles. The van der Waals surface area contributed by atoms with Gasteiger partial charge < -0.3 is 4.90 Å². The third kappa shape index (κ3) is 2.39. The van der Waals surface area contributed by atoms with Gasteiger partial charge >= 0.3 is 0 Å². The fourth-order valence-electron chi connectivity index (χ4n) is 2.52. The molecule has 0 aliphatic carbocycles. The predicted octanol–water partition coefficient (Wildman–Crippen LogP) is 3.18. The third-order valence-corrected chi connectivity index (χ3v) is 3.83. The van der Waals surface area contributed by atoms with Gasteiger partial charge in [0.1, 0.15) is 0 Å². The molecule has 1 aromatic carbocycles. The summed E-state index contributed by atoms with van der Waals surface area (Å²) in [4.78, 5) is 6.83. The van der Waals surface area contributed by atoms with Crippen LogP contribution in [-0.4, -0.2) is 21.3 Å². The lowest BCUT2D eigenvalue weighted by Gasteiger charge is -2.30. The lowest BCUT2D eigenvalue weighted by Crippen LogP contribution is -2.33. The van der Waals surface area contributed by atoms with E-state index >= 15 is 0 Å². The molecule has 1 aliphatic rings. The highest BCUT2D eigenvalue weighted by molar-refractivity contribution is 9.10. The Morgan fingerprint density at radius 2 is 1.95 bits per heavy atom. The average molecular weight is 321 g/mol. The first-order valence-electron chi connectivity index (χ1n) is 6.59. The Hall–Kier alpha value is -1.36. The van der Waals surface area contributed by atoms with Crippen LogP contribution in [0.1, 0.15) is 31.0 Å². The molecular formula is C14H17BrN4. The average Bonchev–Trinajstić information content (AvgIpc) is 2.80. The molecule has 19 heavy (non-hydrogen) atoms. The number of fused-ring (bicyclic) bond motifs is 1. The van der Waals surface area contributed by atoms with Gasteiger partial charge in [-0.2, -0.15) is 4.98 Å². The topological polar surface area (TPSA) is 34.0 Å². The summed E-state index contributed by atoms with van der Waals surface area (Å²) in [6, 6.07) is 8.95. The second kappa shape index (κ2) is 4.96. The molecule has 100 valence electrons. The van der Waals surface area contributed by atoms with Crippen molar-refractivity contribution in [1.82, 2.24) is 14.8 Å². The number of rotatable bonds is 2. The lowest BCUT2D eigenvalue weighted by atomic mass is 10.0. The zero-order chi connectivity index (χ0) is 13.4. The van der Waals surface area contributed by atoms with E-state index in [0.29, 0.717) is 10.8 Å².